The number of guanidine groups is 1. The molecule has 0 atom stereocenters. The summed E-state index contributed by atoms with van der Waals surface area (Å²) in [5.74, 6) is 0.235. The second-order valence-electron chi connectivity index (χ2n) is 5.97. The van der Waals surface area contributed by atoms with Gasteiger partial charge in [-0.1, -0.05) is 12.1 Å². The first-order valence-corrected chi connectivity index (χ1v) is 7.87. The number of carbonyl (C=O) groups excluding carboxylic acids is 1. The van der Waals surface area contributed by atoms with Crippen molar-refractivity contribution in [1.29, 1.82) is 0 Å². The SMILES string of the molecule is CN=C(NCCNC(=O)Cc1ccc(F)cc1)NCC(C)(C)OC. The van der Waals surface area contributed by atoms with Crippen molar-refractivity contribution in [3.05, 3.63) is 35.6 Å². The maximum Gasteiger partial charge on any atom is 0.224 e. The number of benzene rings is 1. The zero-order valence-corrected chi connectivity index (χ0v) is 14.8. The predicted molar refractivity (Wildman–Crippen MR) is 93.6 cm³/mol. The Balaban J connectivity index is 2.24. The standard InChI is InChI=1S/C17H27FN4O2/c1-17(2,24-4)12-22-16(19-3)21-10-9-20-15(23)11-13-5-7-14(18)8-6-13/h5-8H,9-12H2,1-4H3,(H,20,23)(H2,19,21,22). The normalized spacial score (nSPS) is 12.0. The minimum atomic E-state index is -0.307. The third kappa shape index (κ3) is 7.92. The quantitative estimate of drug-likeness (QED) is 0.377. The smallest absolute Gasteiger partial charge is 0.224 e. The minimum absolute atomic E-state index is 0.105. The number of methoxy groups -OCH3 is 1. The summed E-state index contributed by atoms with van der Waals surface area (Å²) in [4.78, 5) is 15.9. The molecule has 0 bridgehead atoms. The molecule has 0 radical (unpaired) electrons. The van der Waals surface area contributed by atoms with Crippen LogP contribution < -0.4 is 16.0 Å². The van der Waals surface area contributed by atoms with E-state index in [0.29, 0.717) is 25.6 Å². The molecule has 0 aliphatic heterocycles. The summed E-state index contributed by atoms with van der Waals surface area (Å²) in [7, 11) is 3.34. The highest BCUT2D eigenvalue weighted by Gasteiger charge is 2.16. The second-order valence-corrected chi connectivity index (χ2v) is 5.97. The summed E-state index contributed by atoms with van der Waals surface area (Å²) in [6.45, 7) is 5.57. The van der Waals surface area contributed by atoms with Gasteiger partial charge in [0, 0.05) is 33.8 Å². The van der Waals surface area contributed by atoms with Crippen LogP contribution in [-0.2, 0) is 16.0 Å². The van der Waals surface area contributed by atoms with Gasteiger partial charge in [0.15, 0.2) is 5.96 Å². The van der Waals surface area contributed by atoms with E-state index in [1.165, 1.54) is 12.1 Å². The molecule has 0 unspecified atom stereocenters. The van der Waals surface area contributed by atoms with Gasteiger partial charge < -0.3 is 20.7 Å². The highest BCUT2D eigenvalue weighted by Crippen LogP contribution is 2.04. The molecule has 1 rings (SSSR count). The van der Waals surface area contributed by atoms with Crippen molar-refractivity contribution in [3.8, 4) is 0 Å². The van der Waals surface area contributed by atoms with Crippen molar-refractivity contribution < 1.29 is 13.9 Å². The molecule has 3 N–H and O–H groups in total. The van der Waals surface area contributed by atoms with Crippen molar-refractivity contribution in [3.63, 3.8) is 0 Å². The van der Waals surface area contributed by atoms with Crippen molar-refractivity contribution in [1.82, 2.24) is 16.0 Å². The van der Waals surface area contributed by atoms with E-state index in [1.54, 1.807) is 26.3 Å². The highest BCUT2D eigenvalue weighted by molar-refractivity contribution is 5.80. The molecule has 0 heterocycles. The Bertz CT molecular complexity index is 544. The van der Waals surface area contributed by atoms with Crippen molar-refractivity contribution >= 4 is 11.9 Å². The van der Waals surface area contributed by atoms with Crippen LogP contribution in [-0.4, -0.2) is 51.3 Å². The Labute approximate surface area is 142 Å². The number of nitrogens with one attached hydrogen (secondary N) is 3. The molecule has 0 spiro atoms. The maximum absolute atomic E-state index is 12.8. The lowest BCUT2D eigenvalue weighted by molar-refractivity contribution is -0.120. The number of nitrogens with zero attached hydrogens (tertiary/aromatic N) is 1. The molecule has 0 saturated heterocycles. The second kappa shape index (κ2) is 9.87. The van der Waals surface area contributed by atoms with E-state index in [0.717, 1.165) is 5.56 Å². The molecule has 1 aromatic carbocycles. The lowest BCUT2D eigenvalue weighted by Crippen LogP contribution is -2.47. The molecule has 0 aliphatic rings. The summed E-state index contributed by atoms with van der Waals surface area (Å²) < 4.78 is 18.1. The van der Waals surface area contributed by atoms with Gasteiger partial charge in [0.25, 0.3) is 0 Å². The topological polar surface area (TPSA) is 74.8 Å². The molecule has 1 amide bonds. The minimum Gasteiger partial charge on any atom is -0.377 e. The number of halogens is 1. The Kier molecular flexibility index (Phi) is 8.18. The lowest BCUT2D eigenvalue weighted by atomic mass is 10.1. The average Bonchev–Trinajstić information content (AvgIpc) is 2.56. The number of hydrogen-bond donors (Lipinski definition) is 3. The monoisotopic (exact) mass is 338 g/mol. The van der Waals surface area contributed by atoms with Gasteiger partial charge >= 0.3 is 0 Å². The molecular formula is C17H27FN4O2. The summed E-state index contributed by atoms with van der Waals surface area (Å²) in [5, 5.41) is 9.08. The molecule has 24 heavy (non-hydrogen) atoms. The van der Waals surface area contributed by atoms with Crippen LogP contribution in [0, 0.1) is 5.82 Å². The fourth-order valence-corrected chi connectivity index (χ4v) is 1.82. The van der Waals surface area contributed by atoms with Gasteiger partial charge in [-0.3, -0.25) is 9.79 Å². The molecule has 0 aromatic heterocycles. The van der Waals surface area contributed by atoms with Gasteiger partial charge in [0.05, 0.1) is 12.0 Å². The summed E-state index contributed by atoms with van der Waals surface area (Å²) in [6, 6.07) is 5.91. The third-order valence-electron chi connectivity index (χ3n) is 3.48. The zero-order chi connectivity index (χ0) is 18.0. The predicted octanol–water partition coefficient (Wildman–Crippen LogP) is 1.07. The fourth-order valence-electron chi connectivity index (χ4n) is 1.82. The lowest BCUT2D eigenvalue weighted by Gasteiger charge is -2.24. The van der Waals surface area contributed by atoms with E-state index < -0.39 is 0 Å². The Hall–Kier alpha value is -2.15. The van der Waals surface area contributed by atoms with Crippen LogP contribution in [0.25, 0.3) is 0 Å². The van der Waals surface area contributed by atoms with Crippen LogP contribution in [0.5, 0.6) is 0 Å². The molecule has 7 heteroatoms. The van der Waals surface area contributed by atoms with E-state index in [1.807, 2.05) is 13.8 Å². The average molecular weight is 338 g/mol. The molecule has 6 nitrogen and oxygen atoms in total. The number of hydrogen-bond acceptors (Lipinski definition) is 3. The number of rotatable bonds is 8. The Morgan fingerprint density at radius 3 is 2.38 bits per heavy atom. The van der Waals surface area contributed by atoms with E-state index in [4.69, 9.17) is 4.74 Å². The first-order valence-electron chi connectivity index (χ1n) is 7.87. The van der Waals surface area contributed by atoms with Crippen LogP contribution in [0.2, 0.25) is 0 Å². The van der Waals surface area contributed by atoms with Crippen LogP contribution in [0.1, 0.15) is 19.4 Å². The summed E-state index contributed by atoms with van der Waals surface area (Å²) in [5.41, 5.74) is 0.488. The van der Waals surface area contributed by atoms with Gasteiger partial charge in [-0.25, -0.2) is 4.39 Å². The van der Waals surface area contributed by atoms with Gasteiger partial charge in [0.1, 0.15) is 5.82 Å². The van der Waals surface area contributed by atoms with Gasteiger partial charge in [0.2, 0.25) is 5.91 Å². The summed E-state index contributed by atoms with van der Waals surface area (Å²) >= 11 is 0. The van der Waals surface area contributed by atoms with Crippen LogP contribution >= 0.6 is 0 Å². The number of carbonyl (C=O) groups is 1. The third-order valence-corrected chi connectivity index (χ3v) is 3.48. The largest absolute Gasteiger partial charge is 0.377 e. The van der Waals surface area contributed by atoms with Gasteiger partial charge in [-0.15, -0.1) is 0 Å². The first kappa shape index (κ1) is 19.9. The molecule has 0 aliphatic carbocycles. The molecule has 0 saturated carbocycles. The summed E-state index contributed by atoms with van der Waals surface area (Å²) in [6.07, 6.45) is 0.231. The van der Waals surface area contributed by atoms with Crippen molar-refractivity contribution in [2.75, 3.05) is 33.8 Å². The van der Waals surface area contributed by atoms with Crippen molar-refractivity contribution in [2.45, 2.75) is 25.9 Å². The number of amides is 1. The van der Waals surface area contributed by atoms with Crippen LogP contribution in [0.3, 0.4) is 0 Å². The first-order chi connectivity index (χ1) is 11.4. The molecular weight excluding hydrogens is 311 g/mol. The molecule has 1 aromatic rings. The van der Waals surface area contributed by atoms with E-state index >= 15 is 0 Å². The Morgan fingerprint density at radius 1 is 1.17 bits per heavy atom. The highest BCUT2D eigenvalue weighted by atomic mass is 19.1. The van der Waals surface area contributed by atoms with E-state index in [-0.39, 0.29) is 23.7 Å². The zero-order valence-electron chi connectivity index (χ0n) is 14.8. The van der Waals surface area contributed by atoms with E-state index in [9.17, 15) is 9.18 Å². The maximum atomic E-state index is 12.8. The molecule has 134 valence electrons. The Morgan fingerprint density at radius 2 is 1.79 bits per heavy atom. The number of aliphatic imine (C=N–C) groups is 1. The van der Waals surface area contributed by atoms with Crippen LogP contribution in [0.4, 0.5) is 4.39 Å². The van der Waals surface area contributed by atoms with E-state index in [2.05, 4.69) is 20.9 Å². The van der Waals surface area contributed by atoms with Crippen LogP contribution in [0.15, 0.2) is 29.3 Å². The van der Waals surface area contributed by atoms with Gasteiger partial charge in [-0.05, 0) is 31.5 Å². The van der Waals surface area contributed by atoms with Crippen molar-refractivity contribution in [2.24, 2.45) is 4.99 Å². The van der Waals surface area contributed by atoms with Gasteiger partial charge in [-0.2, -0.15) is 0 Å². The number of ether oxygens (including phenoxy) is 1. The molecule has 0 fully saturated rings. The fraction of sp³-hybridized carbons (Fsp3) is 0.529.